The highest BCUT2D eigenvalue weighted by molar-refractivity contribution is 7.92. The summed E-state index contributed by atoms with van der Waals surface area (Å²) in [5, 5.41) is 0.341. The molecule has 0 bridgehead atoms. The molecule has 0 spiro atoms. The second kappa shape index (κ2) is 4.91. The third-order valence-electron chi connectivity index (χ3n) is 2.18. The molecule has 0 aliphatic heterocycles. The first-order valence-electron chi connectivity index (χ1n) is 5.04. The molecule has 1 aromatic carbocycles. The predicted octanol–water partition coefficient (Wildman–Crippen LogP) is 2.24. The zero-order chi connectivity index (χ0) is 13.2. The Morgan fingerprint density at radius 2 is 1.67 bits per heavy atom. The molecule has 1 N–H and O–H groups in total. The number of benzene rings is 1. The molecule has 0 saturated carbocycles. The lowest BCUT2D eigenvalue weighted by atomic mass is 10.2. The SMILES string of the molecule is Cc1ccc(S(=O)(=O)Nc2ncc(Cl)cn2)cc1. The molecule has 0 atom stereocenters. The minimum Gasteiger partial charge on any atom is -0.247 e. The Balaban J connectivity index is 2.27. The molecule has 0 radical (unpaired) electrons. The van der Waals surface area contributed by atoms with Gasteiger partial charge in [-0.3, -0.25) is 0 Å². The summed E-state index contributed by atoms with van der Waals surface area (Å²) in [7, 11) is -3.66. The number of rotatable bonds is 3. The van der Waals surface area contributed by atoms with Crippen molar-refractivity contribution in [2.75, 3.05) is 4.72 Å². The van der Waals surface area contributed by atoms with Crippen LogP contribution >= 0.6 is 11.6 Å². The summed E-state index contributed by atoms with van der Waals surface area (Å²) in [6, 6.07) is 6.48. The number of halogens is 1. The molecule has 2 rings (SSSR count). The molecule has 5 nitrogen and oxygen atoms in total. The van der Waals surface area contributed by atoms with E-state index >= 15 is 0 Å². The van der Waals surface area contributed by atoms with Crippen molar-refractivity contribution in [1.82, 2.24) is 9.97 Å². The Bertz CT molecular complexity index is 639. The summed E-state index contributed by atoms with van der Waals surface area (Å²) < 4.78 is 26.2. The molecule has 94 valence electrons. The first-order chi connectivity index (χ1) is 8.47. The monoisotopic (exact) mass is 283 g/mol. The molecular formula is C11H10ClN3O2S. The molecule has 1 heterocycles. The van der Waals surface area contributed by atoms with Gasteiger partial charge in [0.1, 0.15) is 0 Å². The van der Waals surface area contributed by atoms with E-state index in [0.717, 1.165) is 5.56 Å². The van der Waals surface area contributed by atoms with Crippen molar-refractivity contribution in [3.63, 3.8) is 0 Å². The lowest BCUT2D eigenvalue weighted by molar-refractivity contribution is 0.601. The molecule has 0 aliphatic carbocycles. The molecular weight excluding hydrogens is 274 g/mol. The highest BCUT2D eigenvalue weighted by atomic mass is 35.5. The first kappa shape index (κ1) is 12.8. The van der Waals surface area contributed by atoms with E-state index in [1.165, 1.54) is 24.5 Å². The van der Waals surface area contributed by atoms with E-state index in [0.29, 0.717) is 5.02 Å². The van der Waals surface area contributed by atoms with Crippen LogP contribution in [0.1, 0.15) is 5.56 Å². The normalized spacial score (nSPS) is 11.2. The largest absolute Gasteiger partial charge is 0.264 e. The summed E-state index contributed by atoms with van der Waals surface area (Å²) >= 11 is 5.62. The predicted molar refractivity (Wildman–Crippen MR) is 69.0 cm³/mol. The van der Waals surface area contributed by atoms with Gasteiger partial charge >= 0.3 is 0 Å². The smallest absolute Gasteiger partial charge is 0.247 e. The minimum absolute atomic E-state index is 0.0139. The average molecular weight is 284 g/mol. The van der Waals surface area contributed by atoms with Crippen LogP contribution in [-0.2, 0) is 10.0 Å². The van der Waals surface area contributed by atoms with Gasteiger partial charge in [0, 0.05) is 0 Å². The lowest BCUT2D eigenvalue weighted by Crippen LogP contribution is -2.14. The number of nitrogens with zero attached hydrogens (tertiary/aromatic N) is 2. The van der Waals surface area contributed by atoms with Gasteiger partial charge in [0.2, 0.25) is 5.95 Å². The number of hydrogen-bond acceptors (Lipinski definition) is 4. The molecule has 7 heteroatoms. The van der Waals surface area contributed by atoms with Crippen molar-refractivity contribution in [3.8, 4) is 0 Å². The van der Waals surface area contributed by atoms with E-state index in [4.69, 9.17) is 11.6 Å². The van der Waals surface area contributed by atoms with Gasteiger partial charge in [-0.15, -0.1) is 0 Å². The van der Waals surface area contributed by atoms with Crippen molar-refractivity contribution in [2.24, 2.45) is 0 Å². The Morgan fingerprint density at radius 3 is 2.22 bits per heavy atom. The van der Waals surface area contributed by atoms with E-state index in [2.05, 4.69) is 14.7 Å². The van der Waals surface area contributed by atoms with Crippen molar-refractivity contribution < 1.29 is 8.42 Å². The maximum Gasteiger partial charge on any atom is 0.264 e. The molecule has 0 unspecified atom stereocenters. The zero-order valence-electron chi connectivity index (χ0n) is 9.46. The number of aromatic nitrogens is 2. The molecule has 18 heavy (non-hydrogen) atoms. The van der Waals surface area contributed by atoms with Crippen LogP contribution in [0.15, 0.2) is 41.6 Å². The third kappa shape index (κ3) is 2.96. The maximum absolute atomic E-state index is 12.0. The van der Waals surface area contributed by atoms with Crippen LogP contribution in [0.4, 0.5) is 5.95 Å². The highest BCUT2D eigenvalue weighted by Gasteiger charge is 2.14. The van der Waals surface area contributed by atoms with Crippen molar-refractivity contribution in [3.05, 3.63) is 47.2 Å². The minimum atomic E-state index is -3.66. The van der Waals surface area contributed by atoms with Crippen molar-refractivity contribution in [2.45, 2.75) is 11.8 Å². The van der Waals surface area contributed by atoms with Crippen LogP contribution in [0.25, 0.3) is 0 Å². The summed E-state index contributed by atoms with van der Waals surface area (Å²) in [6.07, 6.45) is 2.64. The second-order valence-corrected chi connectivity index (χ2v) is 5.76. The molecule has 1 aromatic heterocycles. The van der Waals surface area contributed by atoms with Crippen LogP contribution in [-0.4, -0.2) is 18.4 Å². The number of sulfonamides is 1. The van der Waals surface area contributed by atoms with Gasteiger partial charge in [0.05, 0.1) is 22.3 Å². The third-order valence-corrected chi connectivity index (χ3v) is 3.72. The van der Waals surface area contributed by atoms with Gasteiger partial charge in [-0.1, -0.05) is 29.3 Å². The summed E-state index contributed by atoms with van der Waals surface area (Å²) in [5.41, 5.74) is 0.983. The molecule has 0 amide bonds. The van der Waals surface area contributed by atoms with Gasteiger partial charge in [-0.25, -0.2) is 23.1 Å². The number of hydrogen-bond donors (Lipinski definition) is 1. The number of anilines is 1. The van der Waals surface area contributed by atoms with Gasteiger partial charge in [-0.05, 0) is 19.1 Å². The fourth-order valence-electron chi connectivity index (χ4n) is 1.26. The topological polar surface area (TPSA) is 72.0 Å². The van der Waals surface area contributed by atoms with Gasteiger partial charge < -0.3 is 0 Å². The van der Waals surface area contributed by atoms with Crippen LogP contribution in [0.2, 0.25) is 5.02 Å². The first-order valence-corrected chi connectivity index (χ1v) is 6.90. The van der Waals surface area contributed by atoms with Crippen molar-refractivity contribution >= 4 is 27.6 Å². The van der Waals surface area contributed by atoms with Crippen molar-refractivity contribution in [1.29, 1.82) is 0 Å². The maximum atomic E-state index is 12.0. The van der Waals surface area contributed by atoms with Gasteiger partial charge in [0.25, 0.3) is 10.0 Å². The molecule has 0 aliphatic rings. The Morgan fingerprint density at radius 1 is 1.11 bits per heavy atom. The number of aryl methyl sites for hydroxylation is 1. The van der Waals surface area contributed by atoms with E-state index in [-0.39, 0.29) is 10.8 Å². The summed E-state index contributed by atoms with van der Waals surface area (Å²) in [5.74, 6) is -0.0139. The van der Waals surface area contributed by atoms with Crippen LogP contribution in [0.5, 0.6) is 0 Å². The Kier molecular flexibility index (Phi) is 3.49. The highest BCUT2D eigenvalue weighted by Crippen LogP contribution is 2.14. The van der Waals surface area contributed by atoms with Gasteiger partial charge in [-0.2, -0.15) is 0 Å². The zero-order valence-corrected chi connectivity index (χ0v) is 11.0. The Labute approximate surface area is 110 Å². The molecule has 0 fully saturated rings. The summed E-state index contributed by atoms with van der Waals surface area (Å²) in [4.78, 5) is 7.71. The van der Waals surface area contributed by atoms with Crippen LogP contribution in [0.3, 0.4) is 0 Å². The fourth-order valence-corrected chi connectivity index (χ4v) is 2.32. The lowest BCUT2D eigenvalue weighted by Gasteiger charge is -2.06. The van der Waals surface area contributed by atoms with E-state index in [1.54, 1.807) is 12.1 Å². The van der Waals surface area contributed by atoms with Crippen LogP contribution in [0, 0.1) is 6.92 Å². The van der Waals surface area contributed by atoms with Crippen LogP contribution < -0.4 is 4.72 Å². The number of nitrogens with one attached hydrogen (secondary N) is 1. The molecule has 0 saturated heterocycles. The average Bonchev–Trinajstić information content (AvgIpc) is 2.32. The Hall–Kier alpha value is -1.66. The van der Waals surface area contributed by atoms with E-state index < -0.39 is 10.0 Å². The fraction of sp³-hybridized carbons (Fsp3) is 0.0909. The van der Waals surface area contributed by atoms with Gasteiger partial charge in [0.15, 0.2) is 0 Å². The molecule has 2 aromatic rings. The standard InChI is InChI=1S/C11H10ClN3O2S/c1-8-2-4-10(5-3-8)18(16,17)15-11-13-6-9(12)7-14-11/h2-7H,1H3,(H,13,14,15). The van der Waals surface area contributed by atoms with E-state index in [1.807, 2.05) is 6.92 Å². The second-order valence-electron chi connectivity index (χ2n) is 3.64. The van der Waals surface area contributed by atoms with E-state index in [9.17, 15) is 8.42 Å². The summed E-state index contributed by atoms with van der Waals surface area (Å²) in [6.45, 7) is 1.88. The quantitative estimate of drug-likeness (QED) is 0.938.